The first kappa shape index (κ1) is 12.9. The third kappa shape index (κ3) is 3.23. The summed E-state index contributed by atoms with van der Waals surface area (Å²) >= 11 is 0. The molecule has 1 fully saturated rings. The van der Waals surface area contributed by atoms with Crippen LogP contribution in [0.25, 0.3) is 0 Å². The topological polar surface area (TPSA) is 52.6 Å². The van der Waals surface area contributed by atoms with Crippen LogP contribution in [0.1, 0.15) is 24.0 Å². The lowest BCUT2D eigenvalue weighted by molar-refractivity contribution is 0.0883. The van der Waals surface area contributed by atoms with Gasteiger partial charge in [0.25, 0.3) is 0 Å². The molecular weight excluding hydrogens is 228 g/mol. The van der Waals surface area contributed by atoms with Gasteiger partial charge in [0.2, 0.25) is 0 Å². The SMILES string of the molecule is Cc1cc(C)cc(NC(=O)N2CCCC(O)C2)c1. The Morgan fingerprint density at radius 3 is 2.61 bits per heavy atom. The van der Waals surface area contributed by atoms with Gasteiger partial charge in [0.1, 0.15) is 0 Å². The summed E-state index contributed by atoms with van der Waals surface area (Å²) in [5, 5.41) is 12.5. The number of benzene rings is 1. The third-order valence-corrected chi connectivity index (χ3v) is 3.16. The summed E-state index contributed by atoms with van der Waals surface area (Å²) in [6, 6.07) is 5.84. The molecule has 0 saturated carbocycles. The number of nitrogens with zero attached hydrogens (tertiary/aromatic N) is 1. The van der Waals surface area contributed by atoms with Crippen LogP contribution in [0.2, 0.25) is 0 Å². The fourth-order valence-electron chi connectivity index (χ4n) is 2.39. The average molecular weight is 248 g/mol. The fraction of sp³-hybridized carbons (Fsp3) is 0.500. The Hall–Kier alpha value is -1.55. The molecule has 1 unspecified atom stereocenters. The number of urea groups is 1. The molecule has 1 aliphatic heterocycles. The van der Waals surface area contributed by atoms with Gasteiger partial charge in [0, 0.05) is 18.8 Å². The Bertz CT molecular complexity index is 425. The van der Waals surface area contributed by atoms with Crippen molar-refractivity contribution in [3.63, 3.8) is 0 Å². The normalized spacial score (nSPS) is 19.7. The van der Waals surface area contributed by atoms with E-state index < -0.39 is 0 Å². The van der Waals surface area contributed by atoms with E-state index in [9.17, 15) is 9.90 Å². The third-order valence-electron chi connectivity index (χ3n) is 3.16. The number of anilines is 1. The van der Waals surface area contributed by atoms with E-state index in [2.05, 4.69) is 11.4 Å². The average Bonchev–Trinajstić information content (AvgIpc) is 2.27. The number of carbonyl (C=O) groups is 1. The van der Waals surface area contributed by atoms with Gasteiger partial charge >= 0.3 is 6.03 Å². The van der Waals surface area contributed by atoms with Crippen LogP contribution in [0.4, 0.5) is 10.5 Å². The number of aliphatic hydroxyl groups is 1. The van der Waals surface area contributed by atoms with Crippen molar-refractivity contribution in [2.24, 2.45) is 0 Å². The molecule has 0 bridgehead atoms. The molecule has 0 radical (unpaired) electrons. The van der Waals surface area contributed by atoms with E-state index in [1.165, 1.54) is 0 Å². The van der Waals surface area contributed by atoms with Crippen molar-refractivity contribution in [2.45, 2.75) is 32.8 Å². The van der Waals surface area contributed by atoms with Gasteiger partial charge in [-0.05, 0) is 49.9 Å². The molecule has 0 aliphatic carbocycles. The van der Waals surface area contributed by atoms with Crippen molar-refractivity contribution in [1.82, 2.24) is 4.90 Å². The number of nitrogens with one attached hydrogen (secondary N) is 1. The summed E-state index contributed by atoms with van der Waals surface area (Å²) in [4.78, 5) is 13.7. The van der Waals surface area contributed by atoms with E-state index in [4.69, 9.17) is 0 Å². The molecule has 1 aromatic rings. The second-order valence-corrected chi connectivity index (χ2v) is 5.05. The maximum absolute atomic E-state index is 12.0. The fourth-order valence-corrected chi connectivity index (χ4v) is 2.39. The van der Waals surface area contributed by atoms with Crippen molar-refractivity contribution in [3.8, 4) is 0 Å². The molecule has 1 atom stereocenters. The number of likely N-dealkylation sites (tertiary alicyclic amines) is 1. The summed E-state index contributed by atoms with van der Waals surface area (Å²) in [7, 11) is 0. The molecule has 2 N–H and O–H groups in total. The predicted octanol–water partition coefficient (Wildman–Crippen LogP) is 2.29. The molecule has 4 heteroatoms. The first-order valence-electron chi connectivity index (χ1n) is 6.37. The Balaban J connectivity index is 2.02. The van der Waals surface area contributed by atoms with Crippen LogP contribution < -0.4 is 5.32 Å². The number of hydrogen-bond acceptors (Lipinski definition) is 2. The second-order valence-electron chi connectivity index (χ2n) is 5.05. The smallest absolute Gasteiger partial charge is 0.321 e. The minimum atomic E-state index is -0.385. The zero-order valence-electron chi connectivity index (χ0n) is 10.9. The maximum Gasteiger partial charge on any atom is 0.321 e. The van der Waals surface area contributed by atoms with E-state index >= 15 is 0 Å². The number of carbonyl (C=O) groups excluding carboxylic acids is 1. The molecule has 2 rings (SSSR count). The molecule has 2 amide bonds. The number of β-amino-alcohol motifs (C(OH)–C–C–N with tert-alkyl or cyclic N) is 1. The van der Waals surface area contributed by atoms with Crippen LogP contribution in [0.3, 0.4) is 0 Å². The molecule has 1 saturated heterocycles. The number of rotatable bonds is 1. The van der Waals surface area contributed by atoms with E-state index in [1.54, 1.807) is 4.90 Å². The lowest BCUT2D eigenvalue weighted by Crippen LogP contribution is -2.44. The van der Waals surface area contributed by atoms with E-state index in [0.717, 1.165) is 29.7 Å². The molecule has 98 valence electrons. The van der Waals surface area contributed by atoms with Gasteiger partial charge in [-0.15, -0.1) is 0 Å². The minimum Gasteiger partial charge on any atom is -0.391 e. The van der Waals surface area contributed by atoms with Crippen LogP contribution in [0.5, 0.6) is 0 Å². The van der Waals surface area contributed by atoms with Gasteiger partial charge in [0.05, 0.1) is 6.10 Å². The Morgan fingerprint density at radius 1 is 1.33 bits per heavy atom. The van der Waals surface area contributed by atoms with E-state index in [1.807, 2.05) is 26.0 Å². The number of piperidine rings is 1. The van der Waals surface area contributed by atoms with Gasteiger partial charge in [-0.1, -0.05) is 6.07 Å². The van der Waals surface area contributed by atoms with Crippen molar-refractivity contribution >= 4 is 11.7 Å². The van der Waals surface area contributed by atoms with Crippen LogP contribution >= 0.6 is 0 Å². The molecule has 0 spiro atoms. The van der Waals surface area contributed by atoms with Crippen molar-refractivity contribution in [1.29, 1.82) is 0 Å². The Morgan fingerprint density at radius 2 is 2.00 bits per heavy atom. The van der Waals surface area contributed by atoms with Crippen LogP contribution in [-0.4, -0.2) is 35.2 Å². The minimum absolute atomic E-state index is 0.126. The van der Waals surface area contributed by atoms with E-state index in [0.29, 0.717) is 13.1 Å². The highest BCUT2D eigenvalue weighted by molar-refractivity contribution is 5.89. The standard InChI is InChI=1S/C14H20N2O2/c1-10-6-11(2)8-12(7-10)15-14(18)16-5-3-4-13(17)9-16/h6-8,13,17H,3-5,9H2,1-2H3,(H,15,18). The second kappa shape index (κ2) is 5.40. The Kier molecular flexibility index (Phi) is 3.87. The molecule has 1 heterocycles. The summed E-state index contributed by atoms with van der Waals surface area (Å²) in [6.45, 7) is 5.16. The van der Waals surface area contributed by atoms with Crippen LogP contribution in [-0.2, 0) is 0 Å². The van der Waals surface area contributed by atoms with E-state index in [-0.39, 0.29) is 12.1 Å². The number of hydrogen-bond donors (Lipinski definition) is 2. The monoisotopic (exact) mass is 248 g/mol. The predicted molar refractivity (Wildman–Crippen MR) is 71.7 cm³/mol. The molecule has 4 nitrogen and oxygen atoms in total. The quantitative estimate of drug-likeness (QED) is 0.801. The highest BCUT2D eigenvalue weighted by Gasteiger charge is 2.21. The molecule has 1 aromatic carbocycles. The number of amides is 2. The maximum atomic E-state index is 12.0. The first-order valence-corrected chi connectivity index (χ1v) is 6.37. The zero-order valence-corrected chi connectivity index (χ0v) is 10.9. The Labute approximate surface area is 108 Å². The summed E-state index contributed by atoms with van der Waals surface area (Å²) in [5.74, 6) is 0. The lowest BCUT2D eigenvalue weighted by atomic mass is 10.1. The van der Waals surface area contributed by atoms with Gasteiger partial charge < -0.3 is 15.3 Å². The zero-order chi connectivity index (χ0) is 13.1. The number of aliphatic hydroxyl groups excluding tert-OH is 1. The van der Waals surface area contributed by atoms with Crippen LogP contribution in [0.15, 0.2) is 18.2 Å². The van der Waals surface area contributed by atoms with Gasteiger partial charge in [-0.3, -0.25) is 0 Å². The van der Waals surface area contributed by atoms with Gasteiger partial charge in [0.15, 0.2) is 0 Å². The summed E-state index contributed by atoms with van der Waals surface area (Å²) in [6.07, 6.45) is 1.26. The van der Waals surface area contributed by atoms with Crippen molar-refractivity contribution < 1.29 is 9.90 Å². The first-order chi connectivity index (χ1) is 8.54. The highest BCUT2D eigenvalue weighted by atomic mass is 16.3. The summed E-state index contributed by atoms with van der Waals surface area (Å²) in [5.41, 5.74) is 3.07. The molecule has 18 heavy (non-hydrogen) atoms. The molecular formula is C14H20N2O2. The molecule has 1 aliphatic rings. The number of aryl methyl sites for hydroxylation is 2. The van der Waals surface area contributed by atoms with Crippen molar-refractivity contribution in [2.75, 3.05) is 18.4 Å². The largest absolute Gasteiger partial charge is 0.391 e. The van der Waals surface area contributed by atoms with Gasteiger partial charge in [-0.25, -0.2) is 4.79 Å². The lowest BCUT2D eigenvalue weighted by Gasteiger charge is -2.30. The van der Waals surface area contributed by atoms with Crippen molar-refractivity contribution in [3.05, 3.63) is 29.3 Å². The van der Waals surface area contributed by atoms with Gasteiger partial charge in [-0.2, -0.15) is 0 Å². The van der Waals surface area contributed by atoms with Crippen LogP contribution in [0, 0.1) is 13.8 Å². The highest BCUT2D eigenvalue weighted by Crippen LogP contribution is 2.16. The molecule has 0 aromatic heterocycles. The summed E-state index contributed by atoms with van der Waals surface area (Å²) < 4.78 is 0.